The van der Waals surface area contributed by atoms with Crippen molar-refractivity contribution in [1.29, 1.82) is 0 Å². The van der Waals surface area contributed by atoms with Crippen molar-refractivity contribution in [3.8, 4) is 11.4 Å². The average Bonchev–Trinajstić information content (AvgIpc) is 3.21. The highest BCUT2D eigenvalue weighted by atomic mass is 16.5. The number of carbonyl (C=O) groups excluding carboxylic acids is 1. The van der Waals surface area contributed by atoms with Crippen LogP contribution in [0.15, 0.2) is 84.1 Å². The number of hydrogen-bond donors (Lipinski definition) is 1. The maximum Gasteiger partial charge on any atom is 0.275 e. The minimum atomic E-state index is -0.322. The van der Waals surface area contributed by atoms with E-state index in [-0.39, 0.29) is 5.91 Å². The predicted octanol–water partition coefficient (Wildman–Crippen LogP) is 4.71. The molecule has 0 bridgehead atoms. The van der Waals surface area contributed by atoms with Crippen LogP contribution in [0, 0.1) is 6.92 Å². The molecule has 0 aliphatic carbocycles. The Morgan fingerprint density at radius 2 is 1.72 bits per heavy atom. The molecule has 0 unspecified atom stereocenters. The third-order valence-corrected chi connectivity index (χ3v) is 4.77. The molecule has 1 amide bonds. The molecular formula is C24H21N3O2. The van der Waals surface area contributed by atoms with Gasteiger partial charge in [-0.05, 0) is 54.1 Å². The van der Waals surface area contributed by atoms with E-state index in [0.29, 0.717) is 11.3 Å². The molecule has 29 heavy (non-hydrogen) atoms. The molecular weight excluding hydrogens is 362 g/mol. The highest BCUT2D eigenvalue weighted by molar-refractivity contribution is 6.01. The Balaban J connectivity index is 1.55. The number of benzene rings is 3. The van der Waals surface area contributed by atoms with Gasteiger partial charge in [-0.2, -0.15) is 5.10 Å². The molecule has 0 aliphatic heterocycles. The summed E-state index contributed by atoms with van der Waals surface area (Å²) in [7, 11) is 1.55. The third-order valence-electron chi connectivity index (χ3n) is 4.77. The minimum absolute atomic E-state index is 0.322. The van der Waals surface area contributed by atoms with Crippen LogP contribution in [-0.2, 0) is 0 Å². The Kier molecular flexibility index (Phi) is 5.12. The van der Waals surface area contributed by atoms with Crippen LogP contribution in [0.3, 0.4) is 0 Å². The van der Waals surface area contributed by atoms with Crippen LogP contribution in [0.25, 0.3) is 16.5 Å². The lowest BCUT2D eigenvalue weighted by molar-refractivity contribution is 0.0952. The number of fused-ring (bicyclic) bond motifs is 1. The Hall–Kier alpha value is -3.86. The number of hydrogen-bond acceptors (Lipinski definition) is 3. The second kappa shape index (κ2) is 8.02. The number of hydrazone groups is 1. The molecule has 0 atom stereocenters. The van der Waals surface area contributed by atoms with Crippen LogP contribution in [0.5, 0.6) is 5.75 Å². The Labute approximate surface area is 169 Å². The summed E-state index contributed by atoms with van der Waals surface area (Å²) in [5.74, 6) is 0.191. The van der Waals surface area contributed by atoms with Gasteiger partial charge in [-0.1, -0.05) is 42.0 Å². The first-order chi connectivity index (χ1) is 14.2. The molecule has 5 nitrogen and oxygen atoms in total. The standard InChI is InChI=1S/C24H21N3O2/c1-17-9-11-20(12-10-17)27-13-5-8-21(27)16-25-26-24(28)22-14-18-6-3-4-7-19(18)15-23(22)29-2/h3-16H,1-2H3,(H,26,28)/b25-16-. The SMILES string of the molecule is COc1cc2ccccc2cc1C(=O)N/N=C\c1cccn1-c1ccc(C)cc1. The van der Waals surface area contributed by atoms with Crippen molar-refractivity contribution in [3.05, 3.63) is 95.8 Å². The van der Waals surface area contributed by atoms with Crippen LogP contribution >= 0.6 is 0 Å². The van der Waals surface area contributed by atoms with Gasteiger partial charge in [0, 0.05) is 11.9 Å². The zero-order valence-electron chi connectivity index (χ0n) is 16.3. The van der Waals surface area contributed by atoms with Gasteiger partial charge in [-0.3, -0.25) is 4.79 Å². The monoisotopic (exact) mass is 383 g/mol. The summed E-state index contributed by atoms with van der Waals surface area (Å²) in [5, 5.41) is 6.13. The largest absolute Gasteiger partial charge is 0.496 e. The fourth-order valence-corrected chi connectivity index (χ4v) is 3.22. The van der Waals surface area contributed by atoms with E-state index in [4.69, 9.17) is 4.74 Å². The number of aryl methyl sites for hydroxylation is 1. The van der Waals surface area contributed by atoms with Crippen molar-refractivity contribution >= 4 is 22.9 Å². The zero-order valence-corrected chi connectivity index (χ0v) is 16.3. The predicted molar refractivity (Wildman–Crippen MR) is 116 cm³/mol. The molecule has 0 saturated carbocycles. The molecule has 1 aromatic heterocycles. The molecule has 0 fully saturated rings. The molecule has 3 aromatic carbocycles. The maximum absolute atomic E-state index is 12.7. The van der Waals surface area contributed by atoms with Gasteiger partial charge in [-0.25, -0.2) is 5.43 Å². The number of amides is 1. The molecule has 5 heteroatoms. The molecule has 0 saturated heterocycles. The number of methoxy groups -OCH3 is 1. The second-order valence-corrected chi connectivity index (χ2v) is 6.74. The van der Waals surface area contributed by atoms with Gasteiger partial charge >= 0.3 is 0 Å². The normalized spacial score (nSPS) is 11.1. The van der Waals surface area contributed by atoms with Gasteiger partial charge in [-0.15, -0.1) is 0 Å². The van der Waals surface area contributed by atoms with E-state index in [1.54, 1.807) is 13.3 Å². The summed E-state index contributed by atoms with van der Waals surface area (Å²) in [5.41, 5.74) is 6.14. The van der Waals surface area contributed by atoms with Gasteiger partial charge in [0.25, 0.3) is 5.91 Å². The van der Waals surface area contributed by atoms with Gasteiger partial charge in [0.15, 0.2) is 0 Å². The van der Waals surface area contributed by atoms with E-state index in [1.165, 1.54) is 5.56 Å². The quantitative estimate of drug-likeness (QED) is 0.401. The van der Waals surface area contributed by atoms with E-state index in [1.807, 2.05) is 71.4 Å². The van der Waals surface area contributed by atoms with Gasteiger partial charge in [0.05, 0.1) is 24.6 Å². The van der Waals surface area contributed by atoms with E-state index in [9.17, 15) is 4.79 Å². The first-order valence-electron chi connectivity index (χ1n) is 9.30. The van der Waals surface area contributed by atoms with Crippen molar-refractivity contribution in [1.82, 2.24) is 9.99 Å². The first kappa shape index (κ1) is 18.5. The average molecular weight is 383 g/mol. The summed E-state index contributed by atoms with van der Waals surface area (Å²) in [4.78, 5) is 12.7. The van der Waals surface area contributed by atoms with Crippen molar-refractivity contribution in [3.63, 3.8) is 0 Å². The highest BCUT2D eigenvalue weighted by Crippen LogP contribution is 2.25. The molecule has 1 N–H and O–H groups in total. The Morgan fingerprint density at radius 1 is 1.00 bits per heavy atom. The van der Waals surface area contributed by atoms with Crippen molar-refractivity contribution in [2.75, 3.05) is 7.11 Å². The van der Waals surface area contributed by atoms with Crippen LogP contribution < -0.4 is 10.2 Å². The highest BCUT2D eigenvalue weighted by Gasteiger charge is 2.13. The molecule has 4 aromatic rings. The molecule has 0 spiro atoms. The fraction of sp³-hybridized carbons (Fsp3) is 0.0833. The van der Waals surface area contributed by atoms with E-state index in [2.05, 4.69) is 29.6 Å². The lowest BCUT2D eigenvalue weighted by Crippen LogP contribution is -2.18. The Morgan fingerprint density at radius 3 is 2.45 bits per heavy atom. The van der Waals surface area contributed by atoms with Crippen molar-refractivity contribution < 1.29 is 9.53 Å². The van der Waals surface area contributed by atoms with Crippen molar-refractivity contribution in [2.24, 2.45) is 5.10 Å². The molecule has 4 rings (SSSR count). The number of nitrogens with one attached hydrogen (secondary N) is 1. The summed E-state index contributed by atoms with van der Waals surface area (Å²) < 4.78 is 7.40. The summed E-state index contributed by atoms with van der Waals surface area (Å²) in [6.07, 6.45) is 3.59. The second-order valence-electron chi connectivity index (χ2n) is 6.74. The number of ether oxygens (including phenoxy) is 1. The maximum atomic E-state index is 12.7. The smallest absolute Gasteiger partial charge is 0.275 e. The van der Waals surface area contributed by atoms with Crippen LogP contribution in [0.4, 0.5) is 0 Å². The number of aromatic nitrogens is 1. The lowest BCUT2D eigenvalue weighted by atomic mass is 10.1. The van der Waals surface area contributed by atoms with Crippen LogP contribution in [0.1, 0.15) is 21.6 Å². The zero-order chi connectivity index (χ0) is 20.2. The minimum Gasteiger partial charge on any atom is -0.496 e. The number of carbonyl (C=O) groups is 1. The van der Waals surface area contributed by atoms with E-state index >= 15 is 0 Å². The van der Waals surface area contributed by atoms with Gasteiger partial charge in [0.2, 0.25) is 0 Å². The lowest BCUT2D eigenvalue weighted by Gasteiger charge is -2.09. The van der Waals surface area contributed by atoms with Crippen LogP contribution in [-0.4, -0.2) is 23.8 Å². The Bertz CT molecular complexity index is 1190. The molecule has 1 heterocycles. The molecule has 0 aliphatic rings. The molecule has 0 radical (unpaired) electrons. The number of rotatable bonds is 5. The van der Waals surface area contributed by atoms with E-state index in [0.717, 1.165) is 22.2 Å². The first-order valence-corrected chi connectivity index (χ1v) is 9.30. The number of nitrogens with zero attached hydrogens (tertiary/aromatic N) is 2. The van der Waals surface area contributed by atoms with E-state index < -0.39 is 0 Å². The summed E-state index contributed by atoms with van der Waals surface area (Å²) >= 11 is 0. The van der Waals surface area contributed by atoms with Gasteiger partial charge < -0.3 is 9.30 Å². The summed E-state index contributed by atoms with van der Waals surface area (Å²) in [6.45, 7) is 2.05. The van der Waals surface area contributed by atoms with Crippen molar-refractivity contribution in [2.45, 2.75) is 6.92 Å². The fourth-order valence-electron chi connectivity index (χ4n) is 3.22. The summed E-state index contributed by atoms with van der Waals surface area (Å²) in [6, 6.07) is 23.6. The molecule has 144 valence electrons. The third kappa shape index (κ3) is 3.89. The van der Waals surface area contributed by atoms with Gasteiger partial charge in [0.1, 0.15) is 5.75 Å². The van der Waals surface area contributed by atoms with Crippen LogP contribution in [0.2, 0.25) is 0 Å². The topological polar surface area (TPSA) is 55.6 Å².